The number of hydrogen-bond acceptors (Lipinski definition) is 8. The molecule has 11 nitrogen and oxygen atoms in total. The summed E-state index contributed by atoms with van der Waals surface area (Å²) in [5.74, 6) is -1.84. The summed E-state index contributed by atoms with van der Waals surface area (Å²) >= 11 is 1.24. The molecule has 0 spiro atoms. The van der Waals surface area contributed by atoms with E-state index in [0.717, 1.165) is 5.56 Å². The smallest absolute Gasteiger partial charge is 0.340 e. The number of nitrogens with zero attached hydrogens (tertiary/aromatic N) is 3. The minimum Gasteiger partial charge on any atom is -0.452 e. The summed E-state index contributed by atoms with van der Waals surface area (Å²) in [5.41, 5.74) is 1.38. The number of carbonyl (C=O) groups excluding carboxylic acids is 3. The van der Waals surface area contributed by atoms with Gasteiger partial charge in [0.25, 0.3) is 11.6 Å². The number of nitro groups is 1. The highest BCUT2D eigenvalue weighted by Gasteiger charge is 2.21. The first kappa shape index (κ1) is 25.4. The van der Waals surface area contributed by atoms with Crippen molar-refractivity contribution in [1.29, 1.82) is 0 Å². The van der Waals surface area contributed by atoms with Gasteiger partial charge in [-0.15, -0.1) is 0 Å². The van der Waals surface area contributed by atoms with Crippen molar-refractivity contribution in [3.63, 3.8) is 0 Å². The van der Waals surface area contributed by atoms with E-state index >= 15 is 0 Å². The number of esters is 1. The predicted octanol–water partition coefficient (Wildman–Crippen LogP) is 3.47. The Morgan fingerprint density at radius 1 is 1.11 bits per heavy atom. The quantitative estimate of drug-likeness (QED) is 0.198. The van der Waals surface area contributed by atoms with Crippen molar-refractivity contribution in [3.05, 3.63) is 75.6 Å². The summed E-state index contributed by atoms with van der Waals surface area (Å²) in [4.78, 5) is 52.2. The highest BCUT2D eigenvalue weighted by atomic mass is 32.2. The van der Waals surface area contributed by atoms with Gasteiger partial charge in [0.05, 0.1) is 21.9 Å². The molecule has 0 saturated carbocycles. The zero-order chi connectivity index (χ0) is 25.5. The first-order chi connectivity index (χ1) is 16.7. The maximum Gasteiger partial charge on any atom is 0.340 e. The van der Waals surface area contributed by atoms with Gasteiger partial charge in [-0.3, -0.25) is 19.7 Å². The highest BCUT2D eigenvalue weighted by Crippen LogP contribution is 2.30. The molecule has 1 heterocycles. The second kappa shape index (κ2) is 11.3. The number of anilines is 2. The number of ether oxygens (including phenoxy) is 1. The van der Waals surface area contributed by atoms with Crippen LogP contribution < -0.4 is 10.6 Å². The van der Waals surface area contributed by atoms with Crippen molar-refractivity contribution in [2.45, 2.75) is 19.0 Å². The summed E-state index contributed by atoms with van der Waals surface area (Å²) in [6.45, 7) is 2.74. The SMILES string of the molecule is Cc1ccc([N+](=O)[O-])c(NC(=O)COC(=O)c2ccccc2NC(=O)CSc2nccn2C)c1C. The Bertz CT molecular complexity index is 1290. The average Bonchev–Trinajstić information content (AvgIpc) is 3.24. The first-order valence-electron chi connectivity index (χ1n) is 10.4. The Morgan fingerprint density at radius 2 is 1.86 bits per heavy atom. The zero-order valence-corrected chi connectivity index (χ0v) is 20.0. The zero-order valence-electron chi connectivity index (χ0n) is 19.2. The molecule has 3 rings (SSSR count). The number of aryl methyl sites for hydroxylation is 2. The van der Waals surface area contributed by atoms with Crippen LogP contribution in [-0.4, -0.2) is 44.6 Å². The Balaban J connectivity index is 1.61. The third-order valence-corrected chi connectivity index (χ3v) is 6.10. The fourth-order valence-electron chi connectivity index (χ4n) is 3.07. The topological polar surface area (TPSA) is 145 Å². The van der Waals surface area contributed by atoms with Crippen LogP contribution in [0.5, 0.6) is 0 Å². The second-order valence-corrected chi connectivity index (χ2v) is 8.43. The van der Waals surface area contributed by atoms with Gasteiger partial charge < -0.3 is 19.9 Å². The van der Waals surface area contributed by atoms with Crippen molar-refractivity contribution in [1.82, 2.24) is 9.55 Å². The van der Waals surface area contributed by atoms with E-state index in [1.807, 2.05) is 7.05 Å². The van der Waals surface area contributed by atoms with Crippen LogP contribution in [0.3, 0.4) is 0 Å². The van der Waals surface area contributed by atoms with Crippen LogP contribution in [0.25, 0.3) is 0 Å². The number of nitro benzene ring substituents is 1. The van der Waals surface area contributed by atoms with Crippen molar-refractivity contribution in [2.75, 3.05) is 23.0 Å². The molecule has 35 heavy (non-hydrogen) atoms. The molecule has 0 radical (unpaired) electrons. The van der Waals surface area contributed by atoms with Gasteiger partial charge in [0.2, 0.25) is 5.91 Å². The van der Waals surface area contributed by atoms with Gasteiger partial charge in [-0.25, -0.2) is 9.78 Å². The number of thioether (sulfide) groups is 1. The molecular formula is C23H23N5O6S. The molecule has 0 aliphatic heterocycles. The lowest BCUT2D eigenvalue weighted by Crippen LogP contribution is -2.23. The van der Waals surface area contributed by atoms with Gasteiger partial charge in [-0.2, -0.15) is 0 Å². The molecule has 0 unspecified atom stereocenters. The monoisotopic (exact) mass is 497 g/mol. The summed E-state index contributed by atoms with van der Waals surface area (Å²) in [6, 6.07) is 9.12. The molecule has 2 N–H and O–H groups in total. The normalized spacial score (nSPS) is 10.5. The van der Waals surface area contributed by atoms with Gasteiger partial charge in [0.1, 0.15) is 5.69 Å². The Morgan fingerprint density at radius 3 is 2.54 bits per heavy atom. The fraction of sp³-hybridized carbons (Fsp3) is 0.217. The fourth-order valence-corrected chi connectivity index (χ4v) is 3.81. The molecule has 0 fully saturated rings. The van der Waals surface area contributed by atoms with Crippen molar-refractivity contribution >= 4 is 46.6 Å². The van der Waals surface area contributed by atoms with E-state index in [0.29, 0.717) is 10.7 Å². The third kappa shape index (κ3) is 6.44. The number of hydrogen-bond donors (Lipinski definition) is 2. The molecule has 182 valence electrons. The van der Waals surface area contributed by atoms with E-state index in [2.05, 4.69) is 15.6 Å². The molecular weight excluding hydrogens is 474 g/mol. The second-order valence-electron chi connectivity index (χ2n) is 7.49. The van der Waals surface area contributed by atoms with Crippen LogP contribution in [0.4, 0.5) is 17.1 Å². The molecule has 3 aromatic rings. The number of amides is 2. The number of aromatic nitrogens is 2. The largest absolute Gasteiger partial charge is 0.452 e. The van der Waals surface area contributed by atoms with Crippen LogP contribution >= 0.6 is 11.8 Å². The number of benzene rings is 2. The standard InChI is InChI=1S/C23H23N5O6S/c1-14-8-9-18(28(32)33)21(15(14)2)26-19(29)12-34-22(31)16-6-4-5-7-17(16)25-20(30)13-35-23-24-10-11-27(23)3/h4-11H,12-13H2,1-3H3,(H,25,30)(H,26,29). The summed E-state index contributed by atoms with van der Waals surface area (Å²) in [7, 11) is 1.81. The molecule has 0 bridgehead atoms. The van der Waals surface area contributed by atoms with Crippen LogP contribution in [0.1, 0.15) is 21.5 Å². The number of para-hydroxylation sites is 1. The van der Waals surface area contributed by atoms with Crippen molar-refractivity contribution < 1.29 is 24.0 Å². The van der Waals surface area contributed by atoms with Gasteiger partial charge in [0, 0.05) is 25.5 Å². The molecule has 12 heteroatoms. The van der Waals surface area contributed by atoms with Crippen LogP contribution in [0.2, 0.25) is 0 Å². The number of nitrogens with one attached hydrogen (secondary N) is 2. The maximum atomic E-state index is 12.6. The van der Waals surface area contributed by atoms with Gasteiger partial charge >= 0.3 is 5.97 Å². The number of carbonyl (C=O) groups is 3. The van der Waals surface area contributed by atoms with E-state index in [1.165, 1.54) is 23.9 Å². The van der Waals surface area contributed by atoms with E-state index in [9.17, 15) is 24.5 Å². The van der Waals surface area contributed by atoms with E-state index in [-0.39, 0.29) is 34.3 Å². The average molecular weight is 498 g/mol. The molecule has 0 atom stereocenters. The minimum atomic E-state index is -0.830. The lowest BCUT2D eigenvalue weighted by molar-refractivity contribution is -0.384. The molecule has 2 amide bonds. The third-order valence-electron chi connectivity index (χ3n) is 5.04. The molecule has 2 aromatic carbocycles. The Labute approximate surface area is 205 Å². The number of rotatable bonds is 9. The lowest BCUT2D eigenvalue weighted by atomic mass is 10.1. The lowest BCUT2D eigenvalue weighted by Gasteiger charge is -2.12. The first-order valence-corrected chi connectivity index (χ1v) is 11.4. The van der Waals surface area contributed by atoms with Gasteiger partial charge in [-0.1, -0.05) is 30.0 Å². The van der Waals surface area contributed by atoms with Gasteiger partial charge in [0.15, 0.2) is 11.8 Å². The summed E-state index contributed by atoms with van der Waals surface area (Å²) in [5, 5.41) is 17.1. The highest BCUT2D eigenvalue weighted by molar-refractivity contribution is 7.99. The summed E-state index contributed by atoms with van der Waals surface area (Å²) < 4.78 is 6.88. The Kier molecular flexibility index (Phi) is 8.21. The number of imidazole rings is 1. The maximum absolute atomic E-state index is 12.6. The van der Waals surface area contributed by atoms with Crippen molar-refractivity contribution in [3.8, 4) is 0 Å². The minimum absolute atomic E-state index is 0.0499. The van der Waals surface area contributed by atoms with E-state index in [4.69, 9.17) is 4.74 Å². The van der Waals surface area contributed by atoms with Gasteiger partial charge in [-0.05, 0) is 37.1 Å². The predicted molar refractivity (Wildman–Crippen MR) is 130 cm³/mol. The van der Waals surface area contributed by atoms with Crippen LogP contribution in [0.15, 0.2) is 53.9 Å². The van der Waals surface area contributed by atoms with E-state index in [1.54, 1.807) is 55.1 Å². The van der Waals surface area contributed by atoms with Crippen molar-refractivity contribution in [2.24, 2.45) is 7.05 Å². The molecule has 0 aliphatic rings. The molecule has 1 aromatic heterocycles. The van der Waals surface area contributed by atoms with Crippen LogP contribution in [-0.2, 0) is 21.4 Å². The van der Waals surface area contributed by atoms with E-state index < -0.39 is 23.4 Å². The Hall–Kier alpha value is -4.19. The van der Waals surface area contributed by atoms with Crippen LogP contribution in [0, 0.1) is 24.0 Å². The molecule has 0 aliphatic carbocycles. The summed E-state index contributed by atoms with van der Waals surface area (Å²) in [6.07, 6.45) is 3.39. The molecule has 0 saturated heterocycles.